The number of pyridine rings is 1. The molecule has 3 rings (SSSR count). The minimum Gasteiger partial charge on any atom is -0.504 e. The van der Waals surface area contributed by atoms with Crippen LogP contribution in [0.5, 0.6) is 17.2 Å². The smallest absolute Gasteiger partial charge is 0.417 e. The first-order chi connectivity index (χ1) is 11.8. The molecule has 0 aliphatic heterocycles. The van der Waals surface area contributed by atoms with Crippen LogP contribution in [0, 0.1) is 0 Å². The van der Waals surface area contributed by atoms with Gasteiger partial charge in [0.25, 0.3) is 0 Å². The summed E-state index contributed by atoms with van der Waals surface area (Å²) >= 11 is 0. The lowest BCUT2D eigenvalue weighted by atomic mass is 9.96. The highest BCUT2D eigenvalue weighted by Crippen LogP contribution is 2.42. The zero-order chi connectivity index (χ0) is 18.2. The number of phenols is 1. The molecule has 0 aliphatic rings. The third-order valence-corrected chi connectivity index (χ3v) is 3.85. The van der Waals surface area contributed by atoms with Crippen molar-refractivity contribution >= 4 is 10.9 Å². The van der Waals surface area contributed by atoms with Gasteiger partial charge in [0.05, 0.1) is 25.3 Å². The summed E-state index contributed by atoms with van der Waals surface area (Å²) in [5.74, 6) is 0.147. The number of aromatic hydroxyl groups is 1. The quantitative estimate of drug-likeness (QED) is 0.748. The largest absolute Gasteiger partial charge is 0.504 e. The third-order valence-electron chi connectivity index (χ3n) is 3.85. The van der Waals surface area contributed by atoms with Gasteiger partial charge in [-0.1, -0.05) is 6.07 Å². The van der Waals surface area contributed by atoms with Gasteiger partial charge in [-0.2, -0.15) is 13.2 Å². The van der Waals surface area contributed by atoms with E-state index in [0.717, 1.165) is 6.07 Å². The van der Waals surface area contributed by atoms with E-state index in [9.17, 15) is 18.3 Å². The monoisotopic (exact) mass is 349 g/mol. The van der Waals surface area contributed by atoms with Crippen molar-refractivity contribution in [1.82, 2.24) is 4.98 Å². The summed E-state index contributed by atoms with van der Waals surface area (Å²) in [5.41, 5.74) is 0.0269. The van der Waals surface area contributed by atoms with E-state index >= 15 is 0 Å². The molecule has 0 fully saturated rings. The van der Waals surface area contributed by atoms with Crippen LogP contribution in [0.2, 0.25) is 0 Å². The molecule has 0 radical (unpaired) electrons. The minimum absolute atomic E-state index is 0.0552. The molecule has 7 heteroatoms. The zero-order valence-corrected chi connectivity index (χ0v) is 13.4. The first-order valence-electron chi connectivity index (χ1n) is 7.26. The van der Waals surface area contributed by atoms with Crippen LogP contribution in [-0.4, -0.2) is 24.3 Å². The molecule has 0 atom stereocenters. The predicted molar refractivity (Wildman–Crippen MR) is 86.9 cm³/mol. The second kappa shape index (κ2) is 6.16. The molecule has 3 aromatic rings. The molecule has 4 nitrogen and oxygen atoms in total. The van der Waals surface area contributed by atoms with Gasteiger partial charge in [0, 0.05) is 17.6 Å². The van der Waals surface area contributed by atoms with Gasteiger partial charge in [-0.05, 0) is 35.4 Å². The SMILES string of the molecule is COc1cc(C(F)(F)F)c2c(-c3ccc(OC)c(O)c3)ccnc2c1. The van der Waals surface area contributed by atoms with Crippen LogP contribution >= 0.6 is 0 Å². The summed E-state index contributed by atoms with van der Waals surface area (Å²) in [6.45, 7) is 0. The Morgan fingerprint density at radius 3 is 2.36 bits per heavy atom. The van der Waals surface area contributed by atoms with Crippen LogP contribution in [0.25, 0.3) is 22.0 Å². The summed E-state index contributed by atoms with van der Waals surface area (Å²) in [6.07, 6.45) is -3.17. The fourth-order valence-electron chi connectivity index (χ4n) is 2.70. The molecule has 0 saturated carbocycles. The van der Waals surface area contributed by atoms with Gasteiger partial charge < -0.3 is 14.6 Å². The molecule has 2 aromatic carbocycles. The molecule has 0 spiro atoms. The molecular formula is C18H14F3NO3. The first kappa shape index (κ1) is 16.9. The lowest BCUT2D eigenvalue weighted by molar-refractivity contribution is -0.136. The van der Waals surface area contributed by atoms with E-state index in [-0.39, 0.29) is 28.2 Å². The maximum absolute atomic E-state index is 13.6. The molecule has 0 amide bonds. The molecule has 1 heterocycles. The number of phenolic OH excluding ortho intramolecular Hbond substituents is 1. The Kier molecular flexibility index (Phi) is 4.16. The minimum atomic E-state index is -4.58. The normalized spacial score (nSPS) is 11.6. The van der Waals surface area contributed by atoms with E-state index in [1.807, 2.05) is 0 Å². The predicted octanol–water partition coefficient (Wildman–Crippen LogP) is 4.64. The molecule has 25 heavy (non-hydrogen) atoms. The van der Waals surface area contributed by atoms with Crippen LogP contribution in [0.3, 0.4) is 0 Å². The Bertz CT molecular complexity index is 939. The van der Waals surface area contributed by atoms with Gasteiger partial charge in [-0.3, -0.25) is 4.98 Å². The highest BCUT2D eigenvalue weighted by molar-refractivity contribution is 5.98. The van der Waals surface area contributed by atoms with Crippen LogP contribution < -0.4 is 9.47 Å². The molecule has 130 valence electrons. The number of rotatable bonds is 3. The Balaban J connectivity index is 2.34. The number of hydrogen-bond acceptors (Lipinski definition) is 4. The summed E-state index contributed by atoms with van der Waals surface area (Å²) < 4.78 is 50.7. The Hall–Kier alpha value is -2.96. The molecule has 0 aliphatic carbocycles. The average molecular weight is 349 g/mol. The van der Waals surface area contributed by atoms with Crippen LogP contribution in [0.1, 0.15) is 5.56 Å². The van der Waals surface area contributed by atoms with Crippen molar-refractivity contribution in [2.75, 3.05) is 14.2 Å². The number of aromatic nitrogens is 1. The van der Waals surface area contributed by atoms with Crippen molar-refractivity contribution in [2.24, 2.45) is 0 Å². The van der Waals surface area contributed by atoms with E-state index in [2.05, 4.69) is 4.98 Å². The van der Waals surface area contributed by atoms with Gasteiger partial charge in [0.15, 0.2) is 11.5 Å². The summed E-state index contributed by atoms with van der Waals surface area (Å²) in [7, 11) is 2.69. The fourth-order valence-corrected chi connectivity index (χ4v) is 2.70. The van der Waals surface area contributed by atoms with Crippen LogP contribution in [0.4, 0.5) is 13.2 Å². The van der Waals surface area contributed by atoms with Crippen molar-refractivity contribution in [2.45, 2.75) is 6.18 Å². The number of ether oxygens (including phenoxy) is 2. The number of alkyl halides is 3. The van der Waals surface area contributed by atoms with Gasteiger partial charge in [-0.25, -0.2) is 0 Å². The molecule has 0 saturated heterocycles. The number of halogens is 3. The third kappa shape index (κ3) is 3.05. The molecule has 0 bridgehead atoms. The number of benzene rings is 2. The van der Waals surface area contributed by atoms with Crippen molar-refractivity contribution in [1.29, 1.82) is 0 Å². The average Bonchev–Trinajstić information content (AvgIpc) is 2.59. The van der Waals surface area contributed by atoms with Crippen molar-refractivity contribution < 1.29 is 27.8 Å². The van der Waals surface area contributed by atoms with E-state index in [1.54, 1.807) is 6.07 Å². The highest BCUT2D eigenvalue weighted by Gasteiger charge is 2.34. The van der Waals surface area contributed by atoms with E-state index < -0.39 is 11.7 Å². The number of methoxy groups -OCH3 is 2. The zero-order valence-electron chi connectivity index (χ0n) is 13.4. The van der Waals surface area contributed by atoms with Crippen molar-refractivity contribution in [3.05, 3.63) is 48.2 Å². The Morgan fingerprint density at radius 2 is 1.76 bits per heavy atom. The molecule has 0 unspecified atom stereocenters. The highest BCUT2D eigenvalue weighted by atomic mass is 19.4. The van der Waals surface area contributed by atoms with Gasteiger partial charge in [-0.15, -0.1) is 0 Å². The second-order valence-electron chi connectivity index (χ2n) is 5.31. The molecule has 1 aromatic heterocycles. The van der Waals surface area contributed by atoms with Gasteiger partial charge >= 0.3 is 6.18 Å². The Labute approximate surface area is 141 Å². The van der Waals surface area contributed by atoms with Gasteiger partial charge in [0.1, 0.15) is 5.75 Å². The van der Waals surface area contributed by atoms with Crippen molar-refractivity contribution in [3.63, 3.8) is 0 Å². The van der Waals surface area contributed by atoms with E-state index in [0.29, 0.717) is 11.1 Å². The Morgan fingerprint density at radius 1 is 1.00 bits per heavy atom. The fraction of sp³-hybridized carbons (Fsp3) is 0.167. The standard InChI is InChI=1S/C18H14F3NO3/c1-24-11-8-13(18(19,20)21)17-12(5-6-22-14(17)9-11)10-3-4-16(25-2)15(23)7-10/h3-9,23H,1-2H3. The maximum Gasteiger partial charge on any atom is 0.417 e. The van der Waals surface area contributed by atoms with Gasteiger partial charge in [0.2, 0.25) is 0 Å². The maximum atomic E-state index is 13.6. The number of nitrogens with zero attached hydrogens (tertiary/aromatic N) is 1. The number of hydrogen-bond donors (Lipinski definition) is 1. The summed E-state index contributed by atoms with van der Waals surface area (Å²) in [6, 6.07) is 8.29. The van der Waals surface area contributed by atoms with Crippen LogP contribution in [-0.2, 0) is 6.18 Å². The second-order valence-corrected chi connectivity index (χ2v) is 5.31. The molecule has 1 N–H and O–H groups in total. The summed E-state index contributed by atoms with van der Waals surface area (Å²) in [5, 5.41) is 9.90. The van der Waals surface area contributed by atoms with Crippen molar-refractivity contribution in [3.8, 4) is 28.4 Å². The number of fused-ring (bicyclic) bond motifs is 1. The summed E-state index contributed by atoms with van der Waals surface area (Å²) in [4.78, 5) is 4.04. The molecular weight excluding hydrogens is 335 g/mol. The first-order valence-corrected chi connectivity index (χ1v) is 7.26. The van der Waals surface area contributed by atoms with E-state index in [4.69, 9.17) is 9.47 Å². The lowest BCUT2D eigenvalue weighted by Gasteiger charge is -2.16. The lowest BCUT2D eigenvalue weighted by Crippen LogP contribution is -2.07. The van der Waals surface area contributed by atoms with Crippen LogP contribution in [0.15, 0.2) is 42.6 Å². The topological polar surface area (TPSA) is 51.6 Å². The van der Waals surface area contributed by atoms with E-state index in [1.165, 1.54) is 44.7 Å².